The minimum Gasteiger partial charge on any atom is -0.341 e. The Morgan fingerprint density at radius 3 is 2.33 bits per heavy atom. The number of rotatable bonds is 4. The van der Waals surface area contributed by atoms with Crippen molar-refractivity contribution in [3.05, 3.63) is 18.0 Å². The van der Waals surface area contributed by atoms with Crippen LogP contribution in [0.15, 0.2) is 12.4 Å². The molecule has 4 nitrogen and oxygen atoms in total. The zero-order valence-corrected chi connectivity index (χ0v) is 11.5. The second kappa shape index (κ2) is 6.14. The molecule has 0 saturated heterocycles. The van der Waals surface area contributed by atoms with E-state index >= 15 is 0 Å². The molecule has 1 aliphatic carbocycles. The largest absolute Gasteiger partial charge is 0.341 e. The number of anilines is 1. The van der Waals surface area contributed by atoms with Gasteiger partial charge in [0.25, 0.3) is 0 Å². The van der Waals surface area contributed by atoms with Gasteiger partial charge in [-0.25, -0.2) is 9.97 Å². The maximum absolute atomic E-state index is 5.56. The highest BCUT2D eigenvalue weighted by Gasteiger charge is 2.24. The molecular weight excluding hydrogens is 224 g/mol. The van der Waals surface area contributed by atoms with Crippen molar-refractivity contribution in [1.82, 2.24) is 9.97 Å². The molecule has 1 aromatic heterocycles. The highest BCUT2D eigenvalue weighted by molar-refractivity contribution is 5.30. The lowest BCUT2D eigenvalue weighted by Crippen LogP contribution is -2.36. The molecule has 0 spiro atoms. The van der Waals surface area contributed by atoms with Gasteiger partial charge in [-0.05, 0) is 31.6 Å². The first-order valence-corrected chi connectivity index (χ1v) is 6.98. The zero-order chi connectivity index (χ0) is 13.0. The summed E-state index contributed by atoms with van der Waals surface area (Å²) in [6, 6.07) is 0.594. The van der Waals surface area contributed by atoms with Gasteiger partial charge in [0.05, 0.1) is 0 Å². The van der Waals surface area contributed by atoms with E-state index in [-0.39, 0.29) is 0 Å². The summed E-state index contributed by atoms with van der Waals surface area (Å²) >= 11 is 0. The van der Waals surface area contributed by atoms with Crippen molar-refractivity contribution in [2.75, 3.05) is 11.9 Å². The first-order valence-electron chi connectivity index (χ1n) is 6.98. The molecule has 0 radical (unpaired) electrons. The second-order valence-corrected chi connectivity index (χ2v) is 5.29. The van der Waals surface area contributed by atoms with Crippen LogP contribution in [0.2, 0.25) is 0 Å². The molecule has 1 fully saturated rings. The normalized spacial score (nSPS) is 23.9. The van der Waals surface area contributed by atoms with E-state index in [0.29, 0.717) is 12.6 Å². The van der Waals surface area contributed by atoms with E-state index in [1.54, 1.807) is 0 Å². The Hall–Kier alpha value is -1.16. The Kier molecular flexibility index (Phi) is 4.53. The quantitative estimate of drug-likeness (QED) is 0.888. The maximum Gasteiger partial charge on any atom is 0.225 e. The van der Waals surface area contributed by atoms with Crippen LogP contribution in [0.5, 0.6) is 0 Å². The number of nitrogens with two attached hydrogens (primary N) is 1. The molecule has 1 saturated carbocycles. The van der Waals surface area contributed by atoms with Crippen LogP contribution in [0.25, 0.3) is 0 Å². The molecule has 0 aromatic carbocycles. The van der Waals surface area contributed by atoms with Gasteiger partial charge in [0, 0.05) is 37.6 Å². The third-order valence-corrected chi connectivity index (χ3v) is 4.18. The van der Waals surface area contributed by atoms with Crippen molar-refractivity contribution < 1.29 is 0 Å². The summed E-state index contributed by atoms with van der Waals surface area (Å²) in [6.45, 7) is 2.80. The molecule has 4 heteroatoms. The summed E-state index contributed by atoms with van der Waals surface area (Å²) < 4.78 is 0. The molecule has 100 valence electrons. The van der Waals surface area contributed by atoms with Crippen LogP contribution in [-0.4, -0.2) is 23.1 Å². The van der Waals surface area contributed by atoms with Gasteiger partial charge in [0.2, 0.25) is 5.95 Å². The topological polar surface area (TPSA) is 55.0 Å². The van der Waals surface area contributed by atoms with Crippen molar-refractivity contribution in [2.24, 2.45) is 11.7 Å². The molecule has 2 N–H and O–H groups in total. The van der Waals surface area contributed by atoms with Gasteiger partial charge in [-0.3, -0.25) is 0 Å². The maximum atomic E-state index is 5.56. The van der Waals surface area contributed by atoms with E-state index in [9.17, 15) is 0 Å². The van der Waals surface area contributed by atoms with E-state index in [1.807, 2.05) is 12.4 Å². The molecule has 1 heterocycles. The van der Waals surface area contributed by atoms with Crippen molar-refractivity contribution in [1.29, 1.82) is 0 Å². The predicted octanol–water partition coefficient (Wildman–Crippen LogP) is 2.34. The van der Waals surface area contributed by atoms with E-state index in [4.69, 9.17) is 5.73 Å². The number of aromatic nitrogens is 2. The highest BCUT2D eigenvalue weighted by Crippen LogP contribution is 2.29. The van der Waals surface area contributed by atoms with Crippen molar-refractivity contribution in [2.45, 2.75) is 51.6 Å². The van der Waals surface area contributed by atoms with Crippen LogP contribution in [0.1, 0.15) is 44.6 Å². The summed E-state index contributed by atoms with van der Waals surface area (Å²) in [7, 11) is 2.11. The summed E-state index contributed by atoms with van der Waals surface area (Å²) in [5.74, 6) is 1.75. The van der Waals surface area contributed by atoms with Gasteiger partial charge in [-0.15, -0.1) is 0 Å². The molecule has 0 amide bonds. The van der Waals surface area contributed by atoms with Gasteiger partial charge in [-0.1, -0.05) is 13.3 Å². The molecule has 1 aromatic rings. The van der Waals surface area contributed by atoms with Gasteiger partial charge >= 0.3 is 0 Å². The summed E-state index contributed by atoms with van der Waals surface area (Å²) in [6.07, 6.45) is 10.2. The van der Waals surface area contributed by atoms with Gasteiger partial charge in [0.15, 0.2) is 0 Å². The van der Waals surface area contributed by atoms with Crippen LogP contribution in [0.4, 0.5) is 5.95 Å². The third kappa shape index (κ3) is 2.99. The standard InChI is InChI=1S/C14H24N4/c1-3-11-4-6-13(7-5-11)18(2)14-16-9-12(8-15)10-17-14/h9-11,13H,3-8,15H2,1-2H3. The molecule has 0 bridgehead atoms. The number of hydrogen-bond donors (Lipinski definition) is 1. The fraction of sp³-hybridized carbons (Fsp3) is 0.714. The zero-order valence-electron chi connectivity index (χ0n) is 11.5. The van der Waals surface area contributed by atoms with Gasteiger partial charge < -0.3 is 10.6 Å². The molecule has 2 rings (SSSR count). The highest BCUT2D eigenvalue weighted by atomic mass is 15.2. The molecule has 0 unspecified atom stereocenters. The minimum absolute atomic E-state index is 0.506. The van der Waals surface area contributed by atoms with E-state index in [2.05, 4.69) is 28.8 Å². The smallest absolute Gasteiger partial charge is 0.225 e. The van der Waals surface area contributed by atoms with E-state index in [0.717, 1.165) is 17.4 Å². The van der Waals surface area contributed by atoms with Crippen molar-refractivity contribution in [3.8, 4) is 0 Å². The first-order chi connectivity index (χ1) is 8.74. The average molecular weight is 248 g/mol. The SMILES string of the molecule is CCC1CCC(N(C)c2ncc(CN)cn2)CC1. The fourth-order valence-corrected chi connectivity index (χ4v) is 2.74. The average Bonchev–Trinajstić information content (AvgIpc) is 2.47. The molecule has 18 heavy (non-hydrogen) atoms. The van der Waals surface area contributed by atoms with Crippen LogP contribution in [0, 0.1) is 5.92 Å². The summed E-state index contributed by atoms with van der Waals surface area (Å²) in [5, 5.41) is 0. The van der Waals surface area contributed by atoms with E-state index < -0.39 is 0 Å². The van der Waals surface area contributed by atoms with Crippen LogP contribution < -0.4 is 10.6 Å². The van der Waals surface area contributed by atoms with Crippen molar-refractivity contribution in [3.63, 3.8) is 0 Å². The first kappa shape index (κ1) is 13.3. The number of nitrogens with zero attached hydrogens (tertiary/aromatic N) is 3. The third-order valence-electron chi connectivity index (χ3n) is 4.18. The molecule has 0 atom stereocenters. The predicted molar refractivity (Wildman–Crippen MR) is 74.4 cm³/mol. The number of hydrogen-bond acceptors (Lipinski definition) is 4. The van der Waals surface area contributed by atoms with Crippen LogP contribution in [-0.2, 0) is 6.54 Å². The lowest BCUT2D eigenvalue weighted by atomic mass is 9.84. The summed E-state index contributed by atoms with van der Waals surface area (Å²) in [4.78, 5) is 11.0. The Bertz CT molecular complexity index is 355. The Morgan fingerprint density at radius 1 is 1.22 bits per heavy atom. The fourth-order valence-electron chi connectivity index (χ4n) is 2.74. The lowest BCUT2D eigenvalue weighted by Gasteiger charge is -2.34. The lowest BCUT2D eigenvalue weighted by molar-refractivity contribution is 0.312. The van der Waals surface area contributed by atoms with Gasteiger partial charge in [0.1, 0.15) is 0 Å². The molecule has 0 aliphatic heterocycles. The van der Waals surface area contributed by atoms with Crippen LogP contribution in [0.3, 0.4) is 0 Å². The van der Waals surface area contributed by atoms with E-state index in [1.165, 1.54) is 32.1 Å². The van der Waals surface area contributed by atoms with Crippen LogP contribution >= 0.6 is 0 Å². The Morgan fingerprint density at radius 2 is 1.83 bits per heavy atom. The minimum atomic E-state index is 0.506. The summed E-state index contributed by atoms with van der Waals surface area (Å²) in [5.41, 5.74) is 6.54. The Balaban J connectivity index is 1.96. The molecular formula is C14H24N4. The van der Waals surface area contributed by atoms with Gasteiger partial charge in [-0.2, -0.15) is 0 Å². The second-order valence-electron chi connectivity index (χ2n) is 5.29. The molecule has 1 aliphatic rings. The Labute approximate surface area is 110 Å². The van der Waals surface area contributed by atoms with Crippen molar-refractivity contribution >= 4 is 5.95 Å². The monoisotopic (exact) mass is 248 g/mol.